The number of aryl methyl sites for hydroxylation is 1. The number of nitrogens with one attached hydrogen (secondary N) is 1. The topological polar surface area (TPSA) is 122 Å². The lowest BCUT2D eigenvalue weighted by Gasteiger charge is -2.24. The van der Waals surface area contributed by atoms with Gasteiger partial charge >= 0.3 is 0 Å². The standard InChI is InChI=1S/C22H19FN4O5S/c1-16-10-12-18(13-11-16)33(31,32)26(21-9-5-3-7-19(21)23)15-22(28)25-24-14-17-6-2-4-8-20(17)27(29)30/h2-14H,15H2,1H3,(H,25,28)/b24-14-. The van der Waals surface area contributed by atoms with Gasteiger partial charge in [0.2, 0.25) is 0 Å². The van der Waals surface area contributed by atoms with Gasteiger partial charge in [-0.25, -0.2) is 18.2 Å². The van der Waals surface area contributed by atoms with Crippen LogP contribution in [0.25, 0.3) is 0 Å². The predicted molar refractivity (Wildman–Crippen MR) is 121 cm³/mol. The maximum absolute atomic E-state index is 14.5. The van der Waals surface area contributed by atoms with E-state index in [9.17, 15) is 27.7 Å². The lowest BCUT2D eigenvalue weighted by Crippen LogP contribution is -2.40. The second-order valence-corrected chi connectivity index (χ2v) is 8.75. The summed E-state index contributed by atoms with van der Waals surface area (Å²) in [5.74, 6) is -1.70. The number of amides is 1. The number of halogens is 1. The van der Waals surface area contributed by atoms with Crippen LogP contribution in [0.15, 0.2) is 82.8 Å². The quantitative estimate of drug-likeness (QED) is 0.307. The molecule has 0 bridgehead atoms. The van der Waals surface area contributed by atoms with Crippen molar-refractivity contribution in [1.82, 2.24) is 5.43 Å². The molecular weight excluding hydrogens is 451 g/mol. The Morgan fingerprint density at radius 3 is 2.39 bits per heavy atom. The molecule has 0 spiro atoms. The zero-order chi connectivity index (χ0) is 24.0. The molecule has 0 aliphatic heterocycles. The highest BCUT2D eigenvalue weighted by atomic mass is 32.2. The van der Waals surface area contributed by atoms with Crippen LogP contribution in [0.5, 0.6) is 0 Å². The first-order valence-corrected chi connectivity index (χ1v) is 11.0. The summed E-state index contributed by atoms with van der Waals surface area (Å²) in [7, 11) is -4.29. The molecule has 0 radical (unpaired) electrons. The molecule has 3 aromatic carbocycles. The van der Waals surface area contributed by atoms with Crippen molar-refractivity contribution >= 4 is 33.5 Å². The average Bonchev–Trinajstić information content (AvgIpc) is 2.78. The minimum Gasteiger partial charge on any atom is -0.271 e. The molecule has 0 saturated carbocycles. The number of nitro benzene ring substituents is 1. The van der Waals surface area contributed by atoms with Crippen molar-refractivity contribution < 1.29 is 22.5 Å². The normalized spacial score (nSPS) is 11.3. The van der Waals surface area contributed by atoms with Gasteiger partial charge in [0.15, 0.2) is 0 Å². The summed E-state index contributed by atoms with van der Waals surface area (Å²) in [4.78, 5) is 22.8. The average molecular weight is 470 g/mol. The van der Waals surface area contributed by atoms with E-state index in [1.807, 2.05) is 0 Å². The van der Waals surface area contributed by atoms with Crippen molar-refractivity contribution in [2.75, 3.05) is 10.8 Å². The van der Waals surface area contributed by atoms with Crippen LogP contribution in [0.3, 0.4) is 0 Å². The van der Waals surface area contributed by atoms with Crippen LogP contribution in [0.1, 0.15) is 11.1 Å². The molecule has 33 heavy (non-hydrogen) atoms. The molecule has 0 unspecified atom stereocenters. The number of carbonyl (C=O) groups is 1. The van der Waals surface area contributed by atoms with Crippen LogP contribution >= 0.6 is 0 Å². The molecular formula is C22H19FN4O5S. The zero-order valence-corrected chi connectivity index (χ0v) is 18.2. The zero-order valence-electron chi connectivity index (χ0n) is 17.4. The number of hydrazone groups is 1. The van der Waals surface area contributed by atoms with Crippen LogP contribution in [0.4, 0.5) is 15.8 Å². The van der Waals surface area contributed by atoms with E-state index < -0.39 is 33.2 Å². The number of carbonyl (C=O) groups excluding carboxylic acids is 1. The van der Waals surface area contributed by atoms with Crippen LogP contribution in [-0.2, 0) is 14.8 Å². The number of nitrogens with zero attached hydrogens (tertiary/aromatic N) is 3. The number of anilines is 1. The number of sulfonamides is 1. The van der Waals surface area contributed by atoms with E-state index in [-0.39, 0.29) is 21.8 Å². The summed E-state index contributed by atoms with van der Waals surface area (Å²) in [6.07, 6.45) is 1.07. The first-order chi connectivity index (χ1) is 15.7. The van der Waals surface area contributed by atoms with Crippen molar-refractivity contribution in [3.05, 3.63) is 99.9 Å². The maximum atomic E-state index is 14.5. The summed E-state index contributed by atoms with van der Waals surface area (Å²) in [5, 5.41) is 14.7. The van der Waals surface area contributed by atoms with Crippen LogP contribution in [-0.4, -0.2) is 32.0 Å². The molecule has 1 N–H and O–H groups in total. The second-order valence-electron chi connectivity index (χ2n) is 6.89. The fraction of sp³-hybridized carbons (Fsp3) is 0.0909. The maximum Gasteiger partial charge on any atom is 0.278 e. The van der Waals surface area contributed by atoms with E-state index in [1.165, 1.54) is 48.5 Å². The first-order valence-electron chi connectivity index (χ1n) is 9.59. The molecule has 0 fully saturated rings. The van der Waals surface area contributed by atoms with Crippen molar-refractivity contribution in [2.45, 2.75) is 11.8 Å². The fourth-order valence-electron chi connectivity index (χ4n) is 2.89. The first kappa shape index (κ1) is 23.5. The van der Waals surface area contributed by atoms with Gasteiger partial charge in [-0.2, -0.15) is 5.10 Å². The van der Waals surface area contributed by atoms with E-state index in [1.54, 1.807) is 25.1 Å². The van der Waals surface area contributed by atoms with Gasteiger partial charge < -0.3 is 0 Å². The molecule has 11 heteroatoms. The third-order valence-corrected chi connectivity index (χ3v) is 6.32. The van der Waals surface area contributed by atoms with Crippen LogP contribution in [0, 0.1) is 22.9 Å². The Hall–Kier alpha value is -4.12. The Bertz CT molecular complexity index is 1310. The van der Waals surface area contributed by atoms with Gasteiger partial charge in [0.1, 0.15) is 12.4 Å². The van der Waals surface area contributed by atoms with E-state index in [0.29, 0.717) is 4.31 Å². The highest BCUT2D eigenvalue weighted by Gasteiger charge is 2.29. The summed E-state index contributed by atoms with van der Waals surface area (Å²) in [5.41, 5.74) is 2.57. The smallest absolute Gasteiger partial charge is 0.271 e. The number of benzene rings is 3. The van der Waals surface area contributed by atoms with Crippen molar-refractivity contribution in [3.8, 4) is 0 Å². The molecule has 170 valence electrons. The van der Waals surface area contributed by atoms with Gasteiger partial charge in [0.25, 0.3) is 21.6 Å². The SMILES string of the molecule is Cc1ccc(S(=O)(=O)N(CC(=O)N/N=C\c2ccccc2[N+](=O)[O-])c2ccccc2F)cc1. The molecule has 0 heterocycles. The molecule has 0 aromatic heterocycles. The van der Waals surface area contributed by atoms with Gasteiger partial charge in [-0.3, -0.25) is 19.2 Å². The fourth-order valence-corrected chi connectivity index (χ4v) is 4.32. The molecule has 0 saturated heterocycles. The van der Waals surface area contributed by atoms with E-state index in [0.717, 1.165) is 17.8 Å². The highest BCUT2D eigenvalue weighted by Crippen LogP contribution is 2.26. The van der Waals surface area contributed by atoms with E-state index in [4.69, 9.17) is 0 Å². The predicted octanol–water partition coefficient (Wildman–Crippen LogP) is 3.39. The minimum atomic E-state index is -4.29. The molecule has 3 aromatic rings. The van der Waals surface area contributed by atoms with Gasteiger partial charge in [0.05, 0.1) is 27.3 Å². The van der Waals surface area contributed by atoms with Gasteiger partial charge in [-0.05, 0) is 37.3 Å². The van der Waals surface area contributed by atoms with Crippen molar-refractivity contribution in [2.24, 2.45) is 5.10 Å². The van der Waals surface area contributed by atoms with Crippen LogP contribution in [0.2, 0.25) is 0 Å². The van der Waals surface area contributed by atoms with E-state index in [2.05, 4.69) is 10.5 Å². The Kier molecular flexibility index (Phi) is 7.13. The molecule has 1 amide bonds. The molecule has 0 atom stereocenters. The Morgan fingerprint density at radius 1 is 1.09 bits per heavy atom. The molecule has 3 rings (SSSR count). The number of para-hydroxylation sites is 2. The lowest BCUT2D eigenvalue weighted by atomic mass is 10.2. The third kappa shape index (κ3) is 5.57. The summed E-state index contributed by atoms with van der Waals surface area (Å²) < 4.78 is 41.5. The van der Waals surface area contributed by atoms with Gasteiger partial charge in [0, 0.05) is 6.07 Å². The number of hydrogen-bond acceptors (Lipinski definition) is 6. The van der Waals surface area contributed by atoms with Crippen molar-refractivity contribution in [3.63, 3.8) is 0 Å². The van der Waals surface area contributed by atoms with Gasteiger partial charge in [-0.15, -0.1) is 0 Å². The number of hydrogen-bond donors (Lipinski definition) is 1. The largest absolute Gasteiger partial charge is 0.278 e. The highest BCUT2D eigenvalue weighted by molar-refractivity contribution is 7.92. The van der Waals surface area contributed by atoms with E-state index >= 15 is 0 Å². The van der Waals surface area contributed by atoms with Gasteiger partial charge in [-0.1, -0.05) is 42.0 Å². The lowest BCUT2D eigenvalue weighted by molar-refractivity contribution is -0.385. The Balaban J connectivity index is 1.87. The third-order valence-electron chi connectivity index (χ3n) is 4.54. The number of rotatable bonds is 8. The second kappa shape index (κ2) is 10.0. The summed E-state index contributed by atoms with van der Waals surface area (Å²) in [6.45, 7) is 1.01. The molecule has 0 aliphatic rings. The Labute approximate surface area is 189 Å². The monoisotopic (exact) mass is 470 g/mol. The summed E-state index contributed by atoms with van der Waals surface area (Å²) in [6, 6.07) is 16.8. The van der Waals surface area contributed by atoms with Crippen molar-refractivity contribution in [1.29, 1.82) is 0 Å². The molecule has 9 nitrogen and oxygen atoms in total. The minimum absolute atomic E-state index is 0.118. The van der Waals surface area contributed by atoms with Crippen LogP contribution < -0.4 is 9.73 Å². The summed E-state index contributed by atoms with van der Waals surface area (Å²) >= 11 is 0. The number of nitro groups is 1. The molecule has 0 aliphatic carbocycles. The Morgan fingerprint density at radius 2 is 1.73 bits per heavy atom.